The molecule has 162 valence electrons. The van der Waals surface area contributed by atoms with Crippen LogP contribution in [0.3, 0.4) is 0 Å². The van der Waals surface area contributed by atoms with Gasteiger partial charge in [0.05, 0.1) is 10.5 Å². The summed E-state index contributed by atoms with van der Waals surface area (Å²) >= 11 is 9.45. The van der Waals surface area contributed by atoms with Crippen LogP contribution in [0.15, 0.2) is 76.9 Å². The lowest BCUT2D eigenvalue weighted by Crippen LogP contribution is -2.31. The highest BCUT2D eigenvalue weighted by Gasteiger charge is 2.18. The van der Waals surface area contributed by atoms with Crippen molar-refractivity contribution >= 4 is 56.8 Å². The lowest BCUT2D eigenvalue weighted by molar-refractivity contribution is -0.384. The molecular weight excluding hydrogens is 498 g/mol. The summed E-state index contributed by atoms with van der Waals surface area (Å²) in [7, 11) is 0. The fraction of sp³-hybridized carbons (Fsp3) is 0.0435. The Morgan fingerprint density at radius 1 is 1.06 bits per heavy atom. The first kappa shape index (κ1) is 23.2. The van der Waals surface area contributed by atoms with Crippen molar-refractivity contribution in [2.75, 3.05) is 5.32 Å². The number of hydrogen-bond donors (Lipinski definition) is 2. The van der Waals surface area contributed by atoms with Crippen LogP contribution in [0.25, 0.3) is 6.08 Å². The second-order valence-corrected chi connectivity index (χ2v) is 7.97. The van der Waals surface area contributed by atoms with Crippen molar-refractivity contribution in [2.45, 2.75) is 6.92 Å². The number of anilines is 1. The van der Waals surface area contributed by atoms with E-state index < -0.39 is 16.7 Å². The average Bonchev–Trinajstić information content (AvgIpc) is 2.76. The molecule has 0 radical (unpaired) electrons. The zero-order valence-electron chi connectivity index (χ0n) is 16.8. The van der Waals surface area contributed by atoms with Crippen LogP contribution in [0.4, 0.5) is 11.4 Å². The lowest BCUT2D eigenvalue weighted by atomic mass is 10.1. The maximum Gasteiger partial charge on any atom is 0.272 e. The fourth-order valence-corrected chi connectivity index (χ4v) is 3.46. The summed E-state index contributed by atoms with van der Waals surface area (Å²) in [5.74, 6) is -1.13. The molecule has 0 unspecified atom stereocenters. The Labute approximate surface area is 197 Å². The molecular formula is C23H17BrClN3O4. The highest BCUT2D eigenvalue weighted by Crippen LogP contribution is 2.24. The van der Waals surface area contributed by atoms with E-state index in [-0.39, 0.29) is 11.4 Å². The molecule has 0 bridgehead atoms. The maximum atomic E-state index is 13.1. The van der Waals surface area contributed by atoms with E-state index in [4.69, 9.17) is 11.6 Å². The monoisotopic (exact) mass is 513 g/mol. The quantitative estimate of drug-likeness (QED) is 0.249. The zero-order chi connectivity index (χ0) is 23.3. The predicted molar refractivity (Wildman–Crippen MR) is 128 cm³/mol. The van der Waals surface area contributed by atoms with Gasteiger partial charge in [-0.05, 0) is 64.3 Å². The van der Waals surface area contributed by atoms with E-state index in [2.05, 4.69) is 26.6 Å². The SMILES string of the molecule is Cc1c(Cl)cccc1NC(=O)/C(=C/c1cccc([N+](=O)[O-])c1)NC(=O)c1ccccc1Br. The summed E-state index contributed by atoms with van der Waals surface area (Å²) in [6.45, 7) is 1.75. The maximum absolute atomic E-state index is 13.1. The van der Waals surface area contributed by atoms with Crippen LogP contribution in [0.2, 0.25) is 5.02 Å². The second kappa shape index (κ2) is 10.2. The number of nitrogens with one attached hydrogen (secondary N) is 2. The van der Waals surface area contributed by atoms with Gasteiger partial charge in [-0.3, -0.25) is 19.7 Å². The predicted octanol–water partition coefficient (Wildman–Crippen LogP) is 5.73. The van der Waals surface area contributed by atoms with Gasteiger partial charge in [0.1, 0.15) is 5.70 Å². The normalized spacial score (nSPS) is 11.0. The molecule has 0 saturated carbocycles. The minimum absolute atomic E-state index is 0.0920. The molecule has 2 amide bonds. The van der Waals surface area contributed by atoms with Crippen LogP contribution in [0, 0.1) is 17.0 Å². The van der Waals surface area contributed by atoms with E-state index in [0.29, 0.717) is 31.9 Å². The molecule has 3 aromatic rings. The van der Waals surface area contributed by atoms with Gasteiger partial charge in [0.25, 0.3) is 17.5 Å². The average molecular weight is 515 g/mol. The second-order valence-electron chi connectivity index (χ2n) is 6.71. The van der Waals surface area contributed by atoms with Gasteiger partial charge in [-0.25, -0.2) is 0 Å². The Bertz CT molecular complexity index is 1240. The van der Waals surface area contributed by atoms with Crippen molar-refractivity contribution in [3.63, 3.8) is 0 Å². The van der Waals surface area contributed by atoms with Crippen molar-refractivity contribution in [3.05, 3.63) is 109 Å². The minimum atomic E-state index is -0.609. The van der Waals surface area contributed by atoms with Crippen molar-refractivity contribution in [3.8, 4) is 0 Å². The summed E-state index contributed by atoms with van der Waals surface area (Å²) in [5, 5.41) is 16.9. The van der Waals surface area contributed by atoms with Gasteiger partial charge in [-0.15, -0.1) is 0 Å². The van der Waals surface area contributed by atoms with Crippen molar-refractivity contribution in [2.24, 2.45) is 0 Å². The summed E-state index contributed by atoms with van der Waals surface area (Å²) in [6.07, 6.45) is 1.37. The van der Waals surface area contributed by atoms with E-state index in [9.17, 15) is 19.7 Å². The molecule has 0 aromatic heterocycles. The van der Waals surface area contributed by atoms with E-state index in [1.807, 2.05) is 0 Å². The lowest BCUT2D eigenvalue weighted by Gasteiger charge is -2.14. The number of carbonyl (C=O) groups is 2. The molecule has 0 heterocycles. The first-order valence-corrected chi connectivity index (χ1v) is 10.5. The van der Waals surface area contributed by atoms with Crippen molar-refractivity contribution < 1.29 is 14.5 Å². The molecule has 9 heteroatoms. The standard InChI is InChI=1S/C23H17BrClN3O4/c1-14-19(25)10-5-11-20(14)26-23(30)21(13-15-6-4-7-16(12-15)28(31)32)27-22(29)17-8-2-3-9-18(17)24/h2-13H,1H3,(H,26,30)(H,27,29)/b21-13-. The Morgan fingerprint density at radius 3 is 2.50 bits per heavy atom. The molecule has 0 aliphatic carbocycles. The zero-order valence-corrected chi connectivity index (χ0v) is 19.1. The van der Waals surface area contributed by atoms with Gasteiger partial charge in [0.15, 0.2) is 0 Å². The van der Waals surface area contributed by atoms with Gasteiger partial charge in [-0.2, -0.15) is 0 Å². The highest BCUT2D eigenvalue weighted by molar-refractivity contribution is 9.10. The number of nitrogens with zero attached hydrogens (tertiary/aromatic N) is 1. The van der Waals surface area contributed by atoms with Crippen LogP contribution in [-0.4, -0.2) is 16.7 Å². The number of amides is 2. The third-order valence-corrected chi connectivity index (χ3v) is 5.62. The third-order valence-electron chi connectivity index (χ3n) is 4.52. The smallest absolute Gasteiger partial charge is 0.272 e. The molecule has 3 rings (SSSR count). The molecule has 0 saturated heterocycles. The molecule has 7 nitrogen and oxygen atoms in total. The largest absolute Gasteiger partial charge is 0.320 e. The summed E-state index contributed by atoms with van der Waals surface area (Å²) in [4.78, 5) is 36.5. The first-order chi connectivity index (χ1) is 15.3. The summed E-state index contributed by atoms with van der Waals surface area (Å²) in [6, 6.07) is 17.6. The van der Waals surface area contributed by atoms with Crippen LogP contribution in [0.1, 0.15) is 21.5 Å². The molecule has 0 fully saturated rings. The number of non-ortho nitro benzene ring substituents is 1. The number of carbonyl (C=O) groups excluding carboxylic acids is 2. The number of rotatable bonds is 6. The number of benzene rings is 3. The van der Waals surface area contributed by atoms with Crippen LogP contribution in [-0.2, 0) is 4.79 Å². The van der Waals surface area contributed by atoms with E-state index in [1.165, 1.54) is 24.3 Å². The van der Waals surface area contributed by atoms with E-state index >= 15 is 0 Å². The van der Waals surface area contributed by atoms with E-state index in [1.54, 1.807) is 55.5 Å². The molecule has 0 atom stereocenters. The first-order valence-electron chi connectivity index (χ1n) is 9.35. The van der Waals surface area contributed by atoms with E-state index in [0.717, 1.165) is 0 Å². The van der Waals surface area contributed by atoms with Crippen LogP contribution < -0.4 is 10.6 Å². The Balaban J connectivity index is 1.98. The number of nitro benzene ring substituents is 1. The van der Waals surface area contributed by atoms with Gasteiger partial charge in [0, 0.05) is 27.3 Å². The van der Waals surface area contributed by atoms with Crippen LogP contribution in [0.5, 0.6) is 0 Å². The number of nitro groups is 1. The minimum Gasteiger partial charge on any atom is -0.320 e. The molecule has 0 aliphatic rings. The van der Waals surface area contributed by atoms with Gasteiger partial charge >= 0.3 is 0 Å². The Kier molecular flexibility index (Phi) is 7.40. The van der Waals surface area contributed by atoms with Gasteiger partial charge in [0.2, 0.25) is 0 Å². The topological polar surface area (TPSA) is 101 Å². The van der Waals surface area contributed by atoms with Crippen molar-refractivity contribution in [1.29, 1.82) is 0 Å². The van der Waals surface area contributed by atoms with Crippen LogP contribution >= 0.6 is 27.5 Å². The Hall–Kier alpha value is -3.49. The molecule has 2 N–H and O–H groups in total. The summed E-state index contributed by atoms with van der Waals surface area (Å²) in [5.41, 5.74) is 1.60. The Morgan fingerprint density at radius 2 is 1.78 bits per heavy atom. The van der Waals surface area contributed by atoms with Gasteiger partial charge in [-0.1, -0.05) is 41.9 Å². The molecule has 0 aliphatic heterocycles. The van der Waals surface area contributed by atoms with Gasteiger partial charge < -0.3 is 10.6 Å². The summed E-state index contributed by atoms with van der Waals surface area (Å²) < 4.78 is 0.554. The number of halogens is 2. The number of hydrogen-bond acceptors (Lipinski definition) is 4. The third kappa shape index (κ3) is 5.60. The molecule has 0 spiro atoms. The molecule has 32 heavy (non-hydrogen) atoms. The van der Waals surface area contributed by atoms with Crippen molar-refractivity contribution in [1.82, 2.24) is 5.32 Å². The fourth-order valence-electron chi connectivity index (χ4n) is 2.82. The highest BCUT2D eigenvalue weighted by atomic mass is 79.9. The molecule has 3 aromatic carbocycles.